The first kappa shape index (κ1) is 14.5. The number of hydrogen-bond acceptors (Lipinski definition) is 2. The Morgan fingerprint density at radius 3 is 2.95 bits per heavy atom. The van der Waals surface area contributed by atoms with Crippen molar-refractivity contribution in [3.63, 3.8) is 0 Å². The predicted molar refractivity (Wildman–Crippen MR) is 79.4 cm³/mol. The molecule has 0 bridgehead atoms. The third-order valence-electron chi connectivity index (χ3n) is 3.67. The summed E-state index contributed by atoms with van der Waals surface area (Å²) in [6.45, 7) is 7.14. The molecule has 0 aliphatic carbocycles. The molecule has 1 aliphatic heterocycles. The molecule has 1 heterocycles. The van der Waals surface area contributed by atoms with Gasteiger partial charge in [-0.25, -0.2) is 0 Å². The normalized spacial score (nSPS) is 18.6. The number of carbonyl (C=O) groups excluding carboxylic acids is 1. The Hall–Kier alpha value is -0.870. The number of benzene rings is 1. The van der Waals surface area contributed by atoms with Crippen molar-refractivity contribution < 1.29 is 9.53 Å². The summed E-state index contributed by atoms with van der Waals surface area (Å²) in [5, 5.41) is 0. The Morgan fingerprint density at radius 1 is 1.53 bits per heavy atom. The van der Waals surface area contributed by atoms with E-state index in [4.69, 9.17) is 4.74 Å². The summed E-state index contributed by atoms with van der Waals surface area (Å²) in [5.74, 6) is 0.601. The average Bonchev–Trinajstić information content (AvgIpc) is 2.91. The molecule has 1 atom stereocenters. The fourth-order valence-corrected chi connectivity index (χ4v) is 2.77. The van der Waals surface area contributed by atoms with E-state index in [1.807, 2.05) is 36.9 Å². The lowest BCUT2D eigenvalue weighted by Gasteiger charge is -2.24. The molecule has 1 aliphatic rings. The van der Waals surface area contributed by atoms with Gasteiger partial charge in [-0.1, -0.05) is 22.0 Å². The van der Waals surface area contributed by atoms with E-state index in [9.17, 15) is 4.79 Å². The Balaban J connectivity index is 2.13. The topological polar surface area (TPSA) is 29.5 Å². The van der Waals surface area contributed by atoms with E-state index < -0.39 is 0 Å². The van der Waals surface area contributed by atoms with Gasteiger partial charge < -0.3 is 9.64 Å². The van der Waals surface area contributed by atoms with Crippen LogP contribution in [0.25, 0.3) is 0 Å². The first-order valence-electron chi connectivity index (χ1n) is 6.75. The third-order valence-corrected chi connectivity index (χ3v) is 4.53. The summed E-state index contributed by atoms with van der Waals surface area (Å²) in [6, 6.07) is 5.78. The maximum absolute atomic E-state index is 12.6. The van der Waals surface area contributed by atoms with Crippen LogP contribution in [-0.2, 0) is 4.74 Å². The minimum Gasteiger partial charge on any atom is -0.381 e. The van der Waals surface area contributed by atoms with E-state index in [0.29, 0.717) is 5.92 Å². The Morgan fingerprint density at radius 2 is 2.32 bits per heavy atom. The Labute approximate surface area is 123 Å². The van der Waals surface area contributed by atoms with Crippen molar-refractivity contribution in [3.8, 4) is 0 Å². The highest BCUT2D eigenvalue weighted by atomic mass is 79.9. The van der Waals surface area contributed by atoms with Crippen LogP contribution in [0.15, 0.2) is 22.7 Å². The summed E-state index contributed by atoms with van der Waals surface area (Å²) in [4.78, 5) is 14.5. The van der Waals surface area contributed by atoms with Crippen LogP contribution in [0.3, 0.4) is 0 Å². The van der Waals surface area contributed by atoms with Gasteiger partial charge in [-0.15, -0.1) is 0 Å². The molecule has 0 N–H and O–H groups in total. The first-order chi connectivity index (χ1) is 9.13. The van der Waals surface area contributed by atoms with Gasteiger partial charge in [0.05, 0.1) is 6.61 Å². The van der Waals surface area contributed by atoms with Crippen LogP contribution in [0.1, 0.15) is 29.3 Å². The smallest absolute Gasteiger partial charge is 0.254 e. The van der Waals surface area contributed by atoms with Crippen LogP contribution in [-0.4, -0.2) is 37.1 Å². The highest BCUT2D eigenvalue weighted by Gasteiger charge is 2.23. The van der Waals surface area contributed by atoms with Gasteiger partial charge in [0.1, 0.15) is 0 Å². The van der Waals surface area contributed by atoms with Crippen LogP contribution in [0.2, 0.25) is 0 Å². The number of ether oxygens (including phenoxy) is 1. The molecule has 0 aromatic heterocycles. The van der Waals surface area contributed by atoms with Gasteiger partial charge in [0, 0.05) is 35.7 Å². The molecule has 19 heavy (non-hydrogen) atoms. The minimum atomic E-state index is 0.119. The van der Waals surface area contributed by atoms with Gasteiger partial charge in [0.15, 0.2) is 0 Å². The molecule has 0 radical (unpaired) electrons. The Kier molecular flexibility index (Phi) is 4.99. The van der Waals surface area contributed by atoms with E-state index in [2.05, 4.69) is 15.9 Å². The van der Waals surface area contributed by atoms with E-state index in [0.717, 1.165) is 48.3 Å². The maximum Gasteiger partial charge on any atom is 0.254 e. The van der Waals surface area contributed by atoms with Crippen LogP contribution >= 0.6 is 15.9 Å². The molecule has 0 spiro atoms. The summed E-state index contributed by atoms with van der Waals surface area (Å²) >= 11 is 3.48. The molecule has 1 amide bonds. The molecule has 1 fully saturated rings. The second-order valence-electron chi connectivity index (χ2n) is 4.99. The van der Waals surface area contributed by atoms with Crippen molar-refractivity contribution in [1.29, 1.82) is 0 Å². The monoisotopic (exact) mass is 325 g/mol. The fourth-order valence-electron chi connectivity index (χ4n) is 2.40. The second-order valence-corrected chi connectivity index (χ2v) is 5.84. The molecule has 0 saturated carbocycles. The molecule has 104 valence electrons. The van der Waals surface area contributed by atoms with E-state index in [1.54, 1.807) is 0 Å². The van der Waals surface area contributed by atoms with Crippen LogP contribution in [0.5, 0.6) is 0 Å². The second kappa shape index (κ2) is 6.53. The fraction of sp³-hybridized carbons (Fsp3) is 0.533. The Bertz CT molecular complexity index is 455. The summed E-state index contributed by atoms with van der Waals surface area (Å²) < 4.78 is 6.37. The van der Waals surface area contributed by atoms with Crippen LogP contribution in [0, 0.1) is 12.8 Å². The zero-order chi connectivity index (χ0) is 13.8. The zero-order valence-electron chi connectivity index (χ0n) is 11.5. The maximum atomic E-state index is 12.6. The van der Waals surface area contributed by atoms with Crippen molar-refractivity contribution in [3.05, 3.63) is 33.8 Å². The summed E-state index contributed by atoms with van der Waals surface area (Å²) in [5.41, 5.74) is 1.80. The van der Waals surface area contributed by atoms with Gasteiger partial charge >= 0.3 is 0 Å². The van der Waals surface area contributed by atoms with Crippen molar-refractivity contribution in [2.24, 2.45) is 5.92 Å². The highest BCUT2D eigenvalue weighted by molar-refractivity contribution is 9.10. The van der Waals surface area contributed by atoms with Gasteiger partial charge in [-0.3, -0.25) is 4.79 Å². The average molecular weight is 326 g/mol. The number of rotatable bonds is 4. The quantitative estimate of drug-likeness (QED) is 0.850. The summed E-state index contributed by atoms with van der Waals surface area (Å²) in [6.07, 6.45) is 1.06. The van der Waals surface area contributed by atoms with Gasteiger partial charge in [0.2, 0.25) is 0 Å². The number of hydrogen-bond donors (Lipinski definition) is 0. The van der Waals surface area contributed by atoms with Crippen molar-refractivity contribution in [2.45, 2.75) is 20.3 Å². The van der Waals surface area contributed by atoms with Gasteiger partial charge in [0.25, 0.3) is 5.91 Å². The molecule has 1 unspecified atom stereocenters. The molecule has 2 rings (SSSR count). The molecule has 4 heteroatoms. The van der Waals surface area contributed by atoms with Crippen molar-refractivity contribution in [2.75, 3.05) is 26.3 Å². The third kappa shape index (κ3) is 3.37. The molecule has 1 aromatic carbocycles. The van der Waals surface area contributed by atoms with Crippen LogP contribution in [0.4, 0.5) is 0 Å². The molecule has 1 saturated heterocycles. The predicted octanol–water partition coefficient (Wildman–Crippen LogP) is 3.26. The van der Waals surface area contributed by atoms with Crippen molar-refractivity contribution >= 4 is 21.8 Å². The number of halogens is 1. The minimum absolute atomic E-state index is 0.119. The molecular formula is C15H20BrNO2. The molecular weight excluding hydrogens is 306 g/mol. The van der Waals surface area contributed by atoms with Crippen LogP contribution < -0.4 is 0 Å². The van der Waals surface area contributed by atoms with E-state index in [-0.39, 0.29) is 5.91 Å². The van der Waals surface area contributed by atoms with Gasteiger partial charge in [-0.2, -0.15) is 0 Å². The SMILES string of the molecule is CCN(CC1CCOC1)C(=O)c1cccc(Br)c1C. The number of amides is 1. The highest BCUT2D eigenvalue weighted by Crippen LogP contribution is 2.22. The zero-order valence-corrected chi connectivity index (χ0v) is 13.1. The lowest BCUT2D eigenvalue weighted by molar-refractivity contribution is 0.0730. The standard InChI is InChI=1S/C15H20BrNO2/c1-3-17(9-12-7-8-19-10-12)15(18)13-5-4-6-14(16)11(13)2/h4-6,12H,3,7-10H2,1-2H3. The van der Waals surface area contributed by atoms with E-state index in [1.165, 1.54) is 0 Å². The number of carbonyl (C=O) groups is 1. The van der Waals surface area contributed by atoms with Gasteiger partial charge in [-0.05, 0) is 38.0 Å². The lowest BCUT2D eigenvalue weighted by atomic mass is 10.1. The first-order valence-corrected chi connectivity index (χ1v) is 7.55. The lowest BCUT2D eigenvalue weighted by Crippen LogP contribution is -2.35. The van der Waals surface area contributed by atoms with Crippen molar-refractivity contribution in [1.82, 2.24) is 4.90 Å². The van der Waals surface area contributed by atoms with E-state index >= 15 is 0 Å². The molecule has 1 aromatic rings. The largest absolute Gasteiger partial charge is 0.381 e. The molecule has 3 nitrogen and oxygen atoms in total. The summed E-state index contributed by atoms with van der Waals surface area (Å²) in [7, 11) is 0. The number of nitrogens with zero attached hydrogens (tertiary/aromatic N) is 1.